The number of unbranched alkanes of at least 4 members (excludes halogenated alkanes) is 1. The van der Waals surface area contributed by atoms with Crippen molar-refractivity contribution in [2.45, 2.75) is 50.3 Å². The van der Waals surface area contributed by atoms with Gasteiger partial charge in [-0.15, -0.1) is 0 Å². The van der Waals surface area contributed by atoms with Crippen molar-refractivity contribution in [3.8, 4) is 0 Å². The second-order valence-electron chi connectivity index (χ2n) is 4.54. The number of aliphatic hydroxyl groups excluding tert-OH is 1. The minimum absolute atomic E-state index is 0.241. The Labute approximate surface area is 108 Å². The maximum atomic E-state index is 11.0. The standard InChI is InChI=1S/C12H25NO3S/c1-10(6-8-14)17-9-5-4-7-12(2,13-3)11(15)16/h10,13-14H,4-9H2,1-3H3,(H,15,16). The Hall–Kier alpha value is -0.260. The second kappa shape index (κ2) is 8.78. The third kappa shape index (κ3) is 6.91. The molecular weight excluding hydrogens is 238 g/mol. The first-order chi connectivity index (χ1) is 7.96. The van der Waals surface area contributed by atoms with Crippen LogP contribution in [0.3, 0.4) is 0 Å². The zero-order valence-electron chi connectivity index (χ0n) is 11.0. The van der Waals surface area contributed by atoms with Gasteiger partial charge in [-0.05, 0) is 39.0 Å². The minimum atomic E-state index is -0.804. The van der Waals surface area contributed by atoms with Crippen LogP contribution in [0.5, 0.6) is 0 Å². The zero-order chi connectivity index (χ0) is 13.3. The van der Waals surface area contributed by atoms with E-state index in [4.69, 9.17) is 10.2 Å². The van der Waals surface area contributed by atoms with Crippen LogP contribution < -0.4 is 5.32 Å². The average Bonchev–Trinajstić information content (AvgIpc) is 2.28. The van der Waals surface area contributed by atoms with Crippen LogP contribution in [0.15, 0.2) is 0 Å². The van der Waals surface area contributed by atoms with Crippen molar-refractivity contribution in [2.24, 2.45) is 0 Å². The average molecular weight is 263 g/mol. The Morgan fingerprint density at radius 1 is 1.47 bits per heavy atom. The van der Waals surface area contributed by atoms with Gasteiger partial charge in [0.15, 0.2) is 0 Å². The molecule has 2 atom stereocenters. The predicted octanol–water partition coefficient (Wildman–Crippen LogP) is 1.72. The van der Waals surface area contributed by atoms with Gasteiger partial charge in [0.05, 0.1) is 0 Å². The van der Waals surface area contributed by atoms with Gasteiger partial charge in [-0.1, -0.05) is 13.3 Å². The van der Waals surface area contributed by atoms with E-state index >= 15 is 0 Å². The molecule has 0 fully saturated rings. The van der Waals surface area contributed by atoms with E-state index in [9.17, 15) is 4.79 Å². The molecule has 0 amide bonds. The third-order valence-corrected chi connectivity index (χ3v) is 4.36. The van der Waals surface area contributed by atoms with Gasteiger partial charge in [0.2, 0.25) is 0 Å². The molecule has 0 aliphatic rings. The van der Waals surface area contributed by atoms with E-state index in [0.717, 1.165) is 25.0 Å². The smallest absolute Gasteiger partial charge is 0.323 e. The molecule has 0 rings (SSSR count). The third-order valence-electron chi connectivity index (χ3n) is 3.03. The molecule has 0 saturated carbocycles. The highest BCUT2D eigenvalue weighted by Crippen LogP contribution is 2.18. The number of nitrogens with one attached hydrogen (secondary N) is 1. The quantitative estimate of drug-likeness (QED) is 0.524. The molecule has 0 saturated heterocycles. The van der Waals surface area contributed by atoms with Crippen LogP contribution in [0.1, 0.15) is 39.5 Å². The predicted molar refractivity (Wildman–Crippen MR) is 72.6 cm³/mol. The lowest BCUT2D eigenvalue weighted by Crippen LogP contribution is -2.47. The highest BCUT2D eigenvalue weighted by Gasteiger charge is 2.29. The molecule has 0 aromatic rings. The van der Waals surface area contributed by atoms with Gasteiger partial charge >= 0.3 is 5.97 Å². The van der Waals surface area contributed by atoms with E-state index in [1.807, 2.05) is 11.8 Å². The fraction of sp³-hybridized carbons (Fsp3) is 0.917. The Morgan fingerprint density at radius 2 is 2.12 bits per heavy atom. The first-order valence-electron chi connectivity index (χ1n) is 6.11. The lowest BCUT2D eigenvalue weighted by Gasteiger charge is -2.23. The van der Waals surface area contributed by atoms with Crippen molar-refractivity contribution < 1.29 is 15.0 Å². The summed E-state index contributed by atoms with van der Waals surface area (Å²) >= 11 is 1.84. The second-order valence-corrected chi connectivity index (χ2v) is 6.08. The van der Waals surface area contributed by atoms with Gasteiger partial charge in [0.25, 0.3) is 0 Å². The van der Waals surface area contributed by atoms with E-state index in [2.05, 4.69) is 12.2 Å². The van der Waals surface area contributed by atoms with E-state index in [1.54, 1.807) is 14.0 Å². The zero-order valence-corrected chi connectivity index (χ0v) is 11.8. The SMILES string of the molecule is CNC(C)(CCCCSC(C)CCO)C(=O)O. The largest absolute Gasteiger partial charge is 0.480 e. The van der Waals surface area contributed by atoms with Crippen LogP contribution in [-0.4, -0.2) is 46.4 Å². The number of hydrogen-bond donors (Lipinski definition) is 3. The summed E-state index contributed by atoms with van der Waals surface area (Å²) in [6, 6.07) is 0. The van der Waals surface area contributed by atoms with Crippen LogP contribution in [0.4, 0.5) is 0 Å². The molecule has 4 nitrogen and oxygen atoms in total. The molecule has 0 bridgehead atoms. The number of carbonyl (C=O) groups is 1. The molecule has 102 valence electrons. The van der Waals surface area contributed by atoms with Crippen molar-refractivity contribution in [3.05, 3.63) is 0 Å². The van der Waals surface area contributed by atoms with Crippen molar-refractivity contribution in [1.29, 1.82) is 0 Å². The first kappa shape index (κ1) is 16.7. The van der Waals surface area contributed by atoms with Gasteiger partial charge in [-0.2, -0.15) is 11.8 Å². The maximum absolute atomic E-state index is 11.0. The molecular formula is C12H25NO3S. The van der Waals surface area contributed by atoms with E-state index in [1.165, 1.54) is 0 Å². The lowest BCUT2D eigenvalue weighted by molar-refractivity contribution is -0.144. The molecule has 0 aliphatic heterocycles. The van der Waals surface area contributed by atoms with Crippen LogP contribution in [0.25, 0.3) is 0 Å². The molecule has 3 N–H and O–H groups in total. The molecule has 0 aromatic carbocycles. The van der Waals surface area contributed by atoms with Crippen molar-refractivity contribution in [1.82, 2.24) is 5.32 Å². The lowest BCUT2D eigenvalue weighted by atomic mass is 9.95. The summed E-state index contributed by atoms with van der Waals surface area (Å²) in [5.41, 5.74) is -0.804. The summed E-state index contributed by atoms with van der Waals surface area (Å²) in [7, 11) is 1.69. The number of thioether (sulfide) groups is 1. The van der Waals surface area contributed by atoms with E-state index in [0.29, 0.717) is 11.7 Å². The Kier molecular flexibility index (Phi) is 8.64. The Balaban J connectivity index is 3.66. The van der Waals surface area contributed by atoms with Gasteiger partial charge in [0, 0.05) is 11.9 Å². The molecule has 17 heavy (non-hydrogen) atoms. The number of hydrogen-bond acceptors (Lipinski definition) is 4. The molecule has 2 unspecified atom stereocenters. The highest BCUT2D eigenvalue weighted by atomic mass is 32.2. The van der Waals surface area contributed by atoms with Crippen LogP contribution in [0.2, 0.25) is 0 Å². The van der Waals surface area contributed by atoms with Crippen molar-refractivity contribution in [2.75, 3.05) is 19.4 Å². The number of likely N-dealkylation sites (N-methyl/N-ethyl adjacent to an activating group) is 1. The fourth-order valence-electron chi connectivity index (χ4n) is 1.47. The number of carboxylic acids is 1. The number of aliphatic hydroxyl groups is 1. The van der Waals surface area contributed by atoms with Crippen LogP contribution >= 0.6 is 11.8 Å². The fourth-order valence-corrected chi connectivity index (χ4v) is 2.51. The highest BCUT2D eigenvalue weighted by molar-refractivity contribution is 7.99. The summed E-state index contributed by atoms with van der Waals surface area (Å²) in [5, 5.41) is 21.1. The van der Waals surface area contributed by atoms with Crippen LogP contribution in [0, 0.1) is 0 Å². The number of carboxylic acid groups (broad SMARTS) is 1. The summed E-state index contributed by atoms with van der Waals surface area (Å²) in [6.45, 7) is 4.07. The molecule has 0 spiro atoms. The topological polar surface area (TPSA) is 69.6 Å². The van der Waals surface area contributed by atoms with Crippen molar-refractivity contribution >= 4 is 17.7 Å². The number of rotatable bonds is 10. The number of aliphatic carboxylic acids is 1. The van der Waals surface area contributed by atoms with Gasteiger partial charge in [-0.25, -0.2) is 0 Å². The van der Waals surface area contributed by atoms with Gasteiger partial charge in [0.1, 0.15) is 5.54 Å². The molecule has 0 aliphatic carbocycles. The summed E-state index contributed by atoms with van der Waals surface area (Å²) in [4.78, 5) is 11.0. The van der Waals surface area contributed by atoms with E-state index < -0.39 is 11.5 Å². The maximum Gasteiger partial charge on any atom is 0.323 e. The molecule has 0 aromatic heterocycles. The van der Waals surface area contributed by atoms with Crippen LogP contribution in [-0.2, 0) is 4.79 Å². The monoisotopic (exact) mass is 263 g/mol. The Morgan fingerprint density at radius 3 is 2.59 bits per heavy atom. The first-order valence-corrected chi connectivity index (χ1v) is 7.16. The van der Waals surface area contributed by atoms with Crippen molar-refractivity contribution in [3.63, 3.8) is 0 Å². The summed E-state index contributed by atoms with van der Waals surface area (Å²) < 4.78 is 0. The van der Waals surface area contributed by atoms with Gasteiger partial charge < -0.3 is 15.5 Å². The summed E-state index contributed by atoms with van der Waals surface area (Å²) in [6.07, 6.45) is 3.40. The summed E-state index contributed by atoms with van der Waals surface area (Å²) in [5.74, 6) is 0.238. The van der Waals surface area contributed by atoms with Gasteiger partial charge in [-0.3, -0.25) is 4.79 Å². The minimum Gasteiger partial charge on any atom is -0.480 e. The molecule has 0 radical (unpaired) electrons. The molecule has 5 heteroatoms. The molecule has 0 heterocycles. The normalized spacial score (nSPS) is 16.5. The Bertz CT molecular complexity index is 226. The van der Waals surface area contributed by atoms with E-state index in [-0.39, 0.29) is 6.61 Å².